The van der Waals surface area contributed by atoms with Crippen LogP contribution in [0.5, 0.6) is 0 Å². The Labute approximate surface area is 171 Å². The van der Waals surface area contributed by atoms with Gasteiger partial charge in [0.15, 0.2) is 5.16 Å². The Hall–Kier alpha value is -2.28. The molecule has 4 rings (SSSR count). The van der Waals surface area contributed by atoms with Crippen LogP contribution < -0.4 is 4.90 Å². The maximum Gasteiger partial charge on any atom is 0.232 e. The maximum atomic E-state index is 4.57. The van der Waals surface area contributed by atoms with Gasteiger partial charge in [0.05, 0.1) is 5.69 Å². The van der Waals surface area contributed by atoms with Crippen LogP contribution >= 0.6 is 11.8 Å². The molecule has 6 nitrogen and oxygen atoms in total. The van der Waals surface area contributed by atoms with Crippen LogP contribution in [0.1, 0.15) is 38.5 Å². The summed E-state index contributed by atoms with van der Waals surface area (Å²) >= 11 is 1.81. The van der Waals surface area contributed by atoms with E-state index < -0.39 is 0 Å². The molecule has 0 radical (unpaired) electrons. The average molecular weight is 397 g/mol. The highest BCUT2D eigenvalue weighted by molar-refractivity contribution is 7.99. The van der Waals surface area contributed by atoms with Crippen molar-refractivity contribution in [1.29, 1.82) is 0 Å². The zero-order valence-electron chi connectivity index (χ0n) is 16.3. The summed E-state index contributed by atoms with van der Waals surface area (Å²) < 4.78 is 4.24. The van der Waals surface area contributed by atoms with Gasteiger partial charge in [-0.3, -0.25) is 9.25 Å². The molecule has 0 bridgehead atoms. The predicted octanol–water partition coefficient (Wildman–Crippen LogP) is 4.42. The van der Waals surface area contributed by atoms with Gasteiger partial charge in [-0.25, -0.2) is 0 Å². The first-order valence-corrected chi connectivity index (χ1v) is 11.3. The molecule has 1 aromatic carbocycles. The lowest BCUT2D eigenvalue weighted by Crippen LogP contribution is -2.31. The summed E-state index contributed by atoms with van der Waals surface area (Å²) in [4.78, 5) is 2.39. The predicted molar refractivity (Wildman–Crippen MR) is 114 cm³/mol. The highest BCUT2D eigenvalue weighted by atomic mass is 32.2. The summed E-state index contributed by atoms with van der Waals surface area (Å²) in [6.07, 6.45) is 11.2. The molecule has 148 valence electrons. The van der Waals surface area contributed by atoms with E-state index in [0.717, 1.165) is 48.6 Å². The molecule has 1 saturated heterocycles. The smallest absolute Gasteiger partial charge is 0.232 e. The number of thioether (sulfide) groups is 1. The lowest BCUT2D eigenvalue weighted by Gasteiger charge is -2.27. The van der Waals surface area contributed by atoms with Gasteiger partial charge in [-0.2, -0.15) is 5.10 Å². The van der Waals surface area contributed by atoms with E-state index in [4.69, 9.17) is 0 Å². The first kappa shape index (κ1) is 19.1. The van der Waals surface area contributed by atoms with Crippen LogP contribution in [0.4, 0.5) is 5.95 Å². The number of nitrogens with zero attached hydrogens (tertiary/aromatic N) is 6. The second kappa shape index (κ2) is 9.78. The monoisotopic (exact) mass is 396 g/mol. The molecule has 0 amide bonds. The van der Waals surface area contributed by atoms with E-state index >= 15 is 0 Å². The third-order valence-electron chi connectivity index (χ3n) is 5.09. The normalized spacial score (nSPS) is 14.5. The molecule has 0 spiro atoms. The van der Waals surface area contributed by atoms with Gasteiger partial charge in [0, 0.05) is 37.8 Å². The lowest BCUT2D eigenvalue weighted by molar-refractivity contribution is 0.554. The number of rotatable bonds is 9. The SMILES string of the molecule is c1ccc(-n2c(SCCCCCn3cccn3)nnc2N2CCCCC2)cc1. The van der Waals surface area contributed by atoms with Crippen molar-refractivity contribution in [1.82, 2.24) is 24.5 Å². The Morgan fingerprint density at radius 2 is 1.75 bits per heavy atom. The standard InChI is InChI=1S/C21H28N6S/c1-4-11-19(12-5-1)27-20(25-14-6-2-7-15-25)23-24-21(27)28-18-9-3-8-16-26-17-10-13-22-26/h1,4-5,10-13,17H,2-3,6-9,14-16,18H2. The van der Waals surface area contributed by atoms with Crippen LogP contribution in [0, 0.1) is 0 Å². The minimum atomic E-state index is 0.993. The Morgan fingerprint density at radius 1 is 0.893 bits per heavy atom. The molecule has 28 heavy (non-hydrogen) atoms. The van der Waals surface area contributed by atoms with Crippen molar-refractivity contribution in [3.05, 3.63) is 48.8 Å². The molecule has 1 aliphatic rings. The summed E-state index contributed by atoms with van der Waals surface area (Å²) in [6, 6.07) is 12.5. The number of para-hydroxylation sites is 1. The Bertz CT molecular complexity index is 824. The molecule has 0 saturated carbocycles. The molecular formula is C21H28N6S. The highest BCUT2D eigenvalue weighted by Gasteiger charge is 2.21. The lowest BCUT2D eigenvalue weighted by atomic mass is 10.1. The minimum Gasteiger partial charge on any atom is -0.341 e. The largest absolute Gasteiger partial charge is 0.341 e. The maximum absolute atomic E-state index is 4.57. The van der Waals surface area contributed by atoms with Gasteiger partial charge < -0.3 is 4.90 Å². The van der Waals surface area contributed by atoms with E-state index in [9.17, 15) is 0 Å². The highest BCUT2D eigenvalue weighted by Crippen LogP contribution is 2.28. The fourth-order valence-electron chi connectivity index (χ4n) is 3.61. The summed E-state index contributed by atoms with van der Waals surface area (Å²) in [6.45, 7) is 3.14. The van der Waals surface area contributed by atoms with Crippen molar-refractivity contribution >= 4 is 17.7 Å². The summed E-state index contributed by atoms with van der Waals surface area (Å²) in [5, 5.41) is 14.4. The van der Waals surface area contributed by atoms with Crippen LogP contribution in [0.3, 0.4) is 0 Å². The van der Waals surface area contributed by atoms with Crippen molar-refractivity contribution in [3.8, 4) is 5.69 Å². The number of benzene rings is 1. The zero-order valence-corrected chi connectivity index (χ0v) is 17.1. The number of aromatic nitrogens is 5. The zero-order chi connectivity index (χ0) is 19.0. The van der Waals surface area contributed by atoms with Gasteiger partial charge in [-0.05, 0) is 50.3 Å². The van der Waals surface area contributed by atoms with Crippen molar-refractivity contribution in [2.45, 2.75) is 50.2 Å². The third kappa shape index (κ3) is 4.76. The van der Waals surface area contributed by atoms with Crippen LogP contribution in [0.15, 0.2) is 53.9 Å². The van der Waals surface area contributed by atoms with Crippen LogP contribution in [0.25, 0.3) is 5.69 Å². The number of anilines is 1. The average Bonchev–Trinajstić information content (AvgIpc) is 3.42. The number of hydrogen-bond donors (Lipinski definition) is 0. The van der Waals surface area contributed by atoms with E-state index in [1.165, 1.54) is 32.1 Å². The molecule has 3 aromatic rings. The van der Waals surface area contributed by atoms with Gasteiger partial charge in [0.2, 0.25) is 5.95 Å². The number of unbranched alkanes of at least 4 members (excludes halogenated alkanes) is 2. The number of aryl methyl sites for hydroxylation is 1. The topological polar surface area (TPSA) is 51.8 Å². The van der Waals surface area contributed by atoms with Crippen LogP contribution in [-0.4, -0.2) is 43.4 Å². The van der Waals surface area contributed by atoms with Crippen molar-refractivity contribution in [2.24, 2.45) is 0 Å². The Morgan fingerprint density at radius 3 is 2.54 bits per heavy atom. The quantitative estimate of drug-likeness (QED) is 0.396. The van der Waals surface area contributed by atoms with Crippen molar-refractivity contribution < 1.29 is 0 Å². The third-order valence-corrected chi connectivity index (χ3v) is 6.11. The molecular weight excluding hydrogens is 368 g/mol. The van der Waals surface area contributed by atoms with Crippen molar-refractivity contribution in [3.63, 3.8) is 0 Å². The van der Waals surface area contributed by atoms with Gasteiger partial charge in [0.25, 0.3) is 0 Å². The van der Waals surface area contributed by atoms with Gasteiger partial charge in [-0.15, -0.1) is 10.2 Å². The van der Waals surface area contributed by atoms with E-state index in [2.05, 4.69) is 55.1 Å². The molecule has 1 aliphatic heterocycles. The first-order chi connectivity index (χ1) is 13.9. The molecule has 7 heteroatoms. The fraction of sp³-hybridized carbons (Fsp3) is 0.476. The molecule has 3 heterocycles. The Kier molecular flexibility index (Phi) is 6.65. The van der Waals surface area contributed by atoms with Gasteiger partial charge in [-0.1, -0.05) is 36.4 Å². The summed E-state index contributed by atoms with van der Waals surface area (Å²) in [7, 11) is 0. The molecule has 2 aromatic heterocycles. The molecule has 0 aliphatic carbocycles. The molecule has 1 fully saturated rings. The number of hydrogen-bond acceptors (Lipinski definition) is 5. The second-order valence-electron chi connectivity index (χ2n) is 7.18. The number of piperidine rings is 1. The second-order valence-corrected chi connectivity index (χ2v) is 8.24. The van der Waals surface area contributed by atoms with Crippen LogP contribution in [-0.2, 0) is 6.54 Å². The summed E-state index contributed by atoms with van der Waals surface area (Å²) in [5.74, 6) is 2.05. The van der Waals surface area contributed by atoms with E-state index in [-0.39, 0.29) is 0 Å². The van der Waals surface area contributed by atoms with E-state index in [1.807, 2.05) is 34.9 Å². The van der Waals surface area contributed by atoms with Gasteiger partial charge >= 0.3 is 0 Å². The fourth-order valence-corrected chi connectivity index (χ4v) is 4.55. The first-order valence-electron chi connectivity index (χ1n) is 10.3. The van der Waals surface area contributed by atoms with Crippen LogP contribution in [0.2, 0.25) is 0 Å². The molecule has 0 atom stereocenters. The van der Waals surface area contributed by atoms with E-state index in [1.54, 1.807) is 0 Å². The molecule has 0 N–H and O–H groups in total. The minimum absolute atomic E-state index is 0.993. The van der Waals surface area contributed by atoms with Gasteiger partial charge in [0.1, 0.15) is 0 Å². The van der Waals surface area contributed by atoms with Crippen molar-refractivity contribution in [2.75, 3.05) is 23.7 Å². The molecule has 0 unspecified atom stereocenters. The van der Waals surface area contributed by atoms with E-state index in [0.29, 0.717) is 0 Å². The Balaban J connectivity index is 1.38. The summed E-state index contributed by atoms with van der Waals surface area (Å²) in [5.41, 5.74) is 1.15.